The highest BCUT2D eigenvalue weighted by atomic mass is 79.9. The van der Waals surface area contributed by atoms with Crippen molar-refractivity contribution in [2.75, 3.05) is 4.90 Å². The van der Waals surface area contributed by atoms with Crippen LogP contribution in [0.3, 0.4) is 0 Å². The van der Waals surface area contributed by atoms with Crippen molar-refractivity contribution in [3.63, 3.8) is 0 Å². The van der Waals surface area contributed by atoms with Crippen molar-refractivity contribution in [3.05, 3.63) is 137 Å². The van der Waals surface area contributed by atoms with Crippen molar-refractivity contribution in [3.8, 4) is 0 Å². The molecular formula is C32H21Br2NO4. The molecule has 1 saturated heterocycles. The van der Waals surface area contributed by atoms with E-state index >= 15 is 0 Å². The number of nitrogens with zero attached hydrogens (tertiary/aromatic N) is 1. The highest BCUT2D eigenvalue weighted by Crippen LogP contribution is 2.70. The van der Waals surface area contributed by atoms with Crippen LogP contribution in [0.1, 0.15) is 38.2 Å². The molecule has 0 radical (unpaired) electrons. The minimum atomic E-state index is -0.844. The maximum absolute atomic E-state index is 14.1. The Bertz CT molecular complexity index is 1550. The van der Waals surface area contributed by atoms with Gasteiger partial charge in [-0.15, -0.1) is 0 Å². The summed E-state index contributed by atoms with van der Waals surface area (Å²) in [5.41, 5.74) is 5.62. The number of esters is 1. The average Bonchev–Trinajstić information content (AvgIpc) is 3.26. The molecule has 7 heteroatoms. The molecule has 5 nitrogen and oxygen atoms in total. The van der Waals surface area contributed by atoms with Crippen molar-refractivity contribution in [1.82, 2.24) is 0 Å². The minimum absolute atomic E-state index is 0.162. The number of alkyl halides is 2. The maximum Gasteiger partial charge on any atom is 0.338 e. The zero-order chi connectivity index (χ0) is 26.9. The molecule has 1 heterocycles. The van der Waals surface area contributed by atoms with Crippen LogP contribution in [0.2, 0.25) is 0 Å². The summed E-state index contributed by atoms with van der Waals surface area (Å²) in [6.07, 6.45) is 0. The van der Waals surface area contributed by atoms with Crippen molar-refractivity contribution in [2.24, 2.45) is 11.8 Å². The fraction of sp³-hybridized carbons (Fsp3) is 0.156. The lowest BCUT2D eigenvalue weighted by molar-refractivity contribution is -0.122. The normalized spacial score (nSPS) is 26.2. The third kappa shape index (κ3) is 3.26. The molecule has 0 spiro atoms. The molecule has 8 rings (SSSR count). The molecule has 39 heavy (non-hydrogen) atoms. The van der Waals surface area contributed by atoms with Crippen LogP contribution in [0.15, 0.2) is 103 Å². The first-order valence-corrected chi connectivity index (χ1v) is 14.2. The molecule has 4 aromatic carbocycles. The number of halogens is 2. The van der Waals surface area contributed by atoms with E-state index in [1.807, 2.05) is 78.9 Å². The third-order valence-electron chi connectivity index (χ3n) is 8.16. The van der Waals surface area contributed by atoms with E-state index in [9.17, 15) is 14.4 Å². The van der Waals surface area contributed by atoms with Gasteiger partial charge in [-0.05, 0) is 52.1 Å². The van der Waals surface area contributed by atoms with Crippen LogP contribution in [0.25, 0.3) is 0 Å². The number of ether oxygens (including phenoxy) is 1. The molecule has 2 amide bonds. The summed E-state index contributed by atoms with van der Waals surface area (Å²) in [7, 11) is 0. The first-order chi connectivity index (χ1) is 18.9. The number of amides is 2. The Labute approximate surface area is 242 Å². The van der Waals surface area contributed by atoms with Gasteiger partial charge in [-0.3, -0.25) is 9.59 Å². The van der Waals surface area contributed by atoms with E-state index in [2.05, 4.69) is 31.9 Å². The van der Waals surface area contributed by atoms with Crippen LogP contribution in [0.4, 0.5) is 5.69 Å². The van der Waals surface area contributed by atoms with Gasteiger partial charge in [0.1, 0.15) is 6.61 Å². The van der Waals surface area contributed by atoms with Gasteiger partial charge in [0.15, 0.2) is 0 Å². The number of benzene rings is 4. The van der Waals surface area contributed by atoms with Gasteiger partial charge >= 0.3 is 5.97 Å². The van der Waals surface area contributed by atoms with Gasteiger partial charge in [0.25, 0.3) is 0 Å². The highest BCUT2D eigenvalue weighted by molar-refractivity contribution is 9.10. The summed E-state index contributed by atoms with van der Waals surface area (Å²) < 4.78 is 3.75. The molecule has 3 aliphatic carbocycles. The van der Waals surface area contributed by atoms with Crippen LogP contribution >= 0.6 is 31.9 Å². The predicted molar refractivity (Wildman–Crippen MR) is 154 cm³/mol. The number of carbonyl (C=O) groups is 3. The first kappa shape index (κ1) is 24.5. The second-order valence-corrected chi connectivity index (χ2v) is 12.6. The molecule has 0 saturated carbocycles. The SMILES string of the molecule is O=C(OCc1ccccc1)c1ccc(N2C(=O)[C@@H]3[C@H](C2=O)C2(Br)c4ccccc4C3(Br)c3ccccc32)cc1. The van der Waals surface area contributed by atoms with Crippen LogP contribution < -0.4 is 4.90 Å². The maximum atomic E-state index is 14.1. The van der Waals surface area contributed by atoms with Crippen molar-refractivity contribution in [2.45, 2.75) is 15.3 Å². The lowest BCUT2D eigenvalue weighted by Gasteiger charge is -2.55. The Kier molecular flexibility index (Phi) is 5.48. The number of hydrogen-bond acceptors (Lipinski definition) is 4. The van der Waals surface area contributed by atoms with E-state index in [4.69, 9.17) is 4.74 Å². The predicted octanol–water partition coefficient (Wildman–Crippen LogP) is 6.45. The van der Waals surface area contributed by atoms with Gasteiger partial charge in [-0.1, -0.05) is 111 Å². The molecule has 4 aromatic rings. The van der Waals surface area contributed by atoms with Gasteiger partial charge in [0.2, 0.25) is 11.8 Å². The van der Waals surface area contributed by atoms with Gasteiger partial charge in [0, 0.05) is 0 Å². The molecule has 0 unspecified atom stereocenters. The highest BCUT2D eigenvalue weighted by Gasteiger charge is 2.72. The van der Waals surface area contributed by atoms with Crippen LogP contribution in [0, 0.1) is 11.8 Å². The molecule has 2 bridgehead atoms. The molecule has 0 aromatic heterocycles. The molecule has 4 aliphatic rings. The van der Waals surface area contributed by atoms with E-state index < -0.39 is 26.5 Å². The Morgan fingerprint density at radius 3 is 1.56 bits per heavy atom. The Hall–Kier alpha value is -3.55. The van der Waals surface area contributed by atoms with E-state index in [0.717, 1.165) is 27.8 Å². The Morgan fingerprint density at radius 1 is 0.667 bits per heavy atom. The summed E-state index contributed by atoms with van der Waals surface area (Å²) in [4.78, 5) is 42.2. The number of hydrogen-bond donors (Lipinski definition) is 0. The molecule has 1 fully saturated rings. The first-order valence-electron chi connectivity index (χ1n) is 12.6. The Balaban J connectivity index is 1.24. The molecule has 2 atom stereocenters. The summed E-state index contributed by atoms with van der Waals surface area (Å²) in [6, 6.07) is 31.9. The van der Waals surface area contributed by atoms with Crippen molar-refractivity contribution < 1.29 is 19.1 Å². The average molecular weight is 643 g/mol. The number of rotatable bonds is 4. The Morgan fingerprint density at radius 2 is 1.10 bits per heavy atom. The summed E-state index contributed by atoms with van der Waals surface area (Å²) in [6.45, 7) is 0.162. The summed E-state index contributed by atoms with van der Waals surface area (Å²) >= 11 is 8.03. The molecule has 0 N–H and O–H groups in total. The van der Waals surface area contributed by atoms with Gasteiger partial charge in [0.05, 0.1) is 31.7 Å². The largest absolute Gasteiger partial charge is 0.457 e. The standard InChI is InChI=1S/C32H21Br2NO4/c33-31-22-10-4-5-11-23(22)32(34,25-13-7-6-12-24(25)31)27-26(31)28(36)35(29(27)37)21-16-14-20(15-17-21)30(38)39-18-19-8-2-1-3-9-19/h1-17,26-27H,18H2/t26-,27+,31?,32?. The quantitative estimate of drug-likeness (QED) is 0.146. The topological polar surface area (TPSA) is 63.7 Å². The second-order valence-electron chi connectivity index (χ2n) is 10.1. The monoisotopic (exact) mass is 641 g/mol. The van der Waals surface area contributed by atoms with Crippen molar-refractivity contribution in [1.29, 1.82) is 0 Å². The van der Waals surface area contributed by atoms with Crippen molar-refractivity contribution >= 4 is 55.3 Å². The van der Waals surface area contributed by atoms with Gasteiger partial charge < -0.3 is 4.74 Å². The lowest BCUT2D eigenvalue weighted by atomic mass is 9.54. The third-order valence-corrected chi connectivity index (χ3v) is 10.9. The lowest BCUT2D eigenvalue weighted by Crippen LogP contribution is -2.56. The van der Waals surface area contributed by atoms with E-state index in [1.54, 1.807) is 24.3 Å². The van der Waals surface area contributed by atoms with Gasteiger partial charge in [-0.2, -0.15) is 0 Å². The summed E-state index contributed by atoms with van der Waals surface area (Å²) in [5, 5.41) is 0. The minimum Gasteiger partial charge on any atom is -0.457 e. The number of imide groups is 1. The number of carbonyl (C=O) groups excluding carboxylic acids is 3. The summed E-state index contributed by atoms with van der Waals surface area (Å²) in [5.74, 6) is -2.31. The second kappa shape index (κ2) is 8.73. The zero-order valence-electron chi connectivity index (χ0n) is 20.5. The van der Waals surface area contributed by atoms with Gasteiger partial charge in [-0.25, -0.2) is 9.69 Å². The molecule has 1 aliphatic heterocycles. The van der Waals surface area contributed by atoms with E-state index in [1.165, 1.54) is 4.90 Å². The number of anilines is 1. The fourth-order valence-corrected chi connectivity index (χ4v) is 8.78. The zero-order valence-corrected chi connectivity index (χ0v) is 23.7. The van der Waals surface area contributed by atoms with Crippen LogP contribution in [-0.2, 0) is 29.6 Å². The smallest absolute Gasteiger partial charge is 0.338 e. The van der Waals surface area contributed by atoms with E-state index in [0.29, 0.717) is 11.3 Å². The molecule has 192 valence electrons. The van der Waals surface area contributed by atoms with Crippen LogP contribution in [-0.4, -0.2) is 17.8 Å². The fourth-order valence-electron chi connectivity index (χ4n) is 6.47. The molecular weight excluding hydrogens is 622 g/mol. The van der Waals surface area contributed by atoms with Crippen LogP contribution in [0.5, 0.6) is 0 Å². The van der Waals surface area contributed by atoms with E-state index in [-0.39, 0.29) is 18.4 Å².